The Morgan fingerprint density at radius 1 is 0.700 bits per heavy atom. The molecule has 2 N–H and O–H groups in total. The van der Waals surface area contributed by atoms with Crippen molar-refractivity contribution in [2.75, 3.05) is 38.4 Å². The van der Waals surface area contributed by atoms with Crippen molar-refractivity contribution in [1.29, 1.82) is 0 Å². The van der Waals surface area contributed by atoms with Crippen LogP contribution in [0.3, 0.4) is 0 Å². The van der Waals surface area contributed by atoms with E-state index in [1.165, 1.54) is 7.11 Å². The Morgan fingerprint density at radius 3 is 1.94 bits per heavy atom. The van der Waals surface area contributed by atoms with Crippen LogP contribution in [0, 0.1) is 24.2 Å². The molecule has 0 aliphatic rings. The van der Waals surface area contributed by atoms with Gasteiger partial charge in [-0.3, -0.25) is 13.9 Å². The number of ether oxygens (including phenoxy) is 5. The summed E-state index contributed by atoms with van der Waals surface area (Å²) in [6.45, 7) is 0.549. The third-order valence-electron chi connectivity index (χ3n) is 6.89. The van der Waals surface area contributed by atoms with Gasteiger partial charge in [-0.2, -0.15) is 16.8 Å². The van der Waals surface area contributed by atoms with Gasteiger partial charge in [0.05, 0.1) is 55.1 Å². The molecule has 268 valence electrons. The summed E-state index contributed by atoms with van der Waals surface area (Å²) < 4.78 is 90.4. The maximum absolute atomic E-state index is 12.1. The summed E-state index contributed by atoms with van der Waals surface area (Å²) in [7, 11) is -6.82. The van der Waals surface area contributed by atoms with Crippen molar-refractivity contribution in [1.82, 2.24) is 0 Å². The van der Waals surface area contributed by atoms with Crippen LogP contribution in [0.25, 0.3) is 0 Å². The molecule has 0 amide bonds. The maximum Gasteiger partial charge on any atom is 0.306 e. The van der Waals surface area contributed by atoms with E-state index in [1.807, 2.05) is 30.3 Å². The van der Waals surface area contributed by atoms with Crippen LogP contribution in [0.5, 0.6) is 23.0 Å². The topological polar surface area (TPSA) is 172 Å². The van der Waals surface area contributed by atoms with Gasteiger partial charge < -0.3 is 23.7 Å². The minimum absolute atomic E-state index is 0.00163. The van der Waals surface area contributed by atoms with E-state index in [9.17, 15) is 21.6 Å². The summed E-state index contributed by atoms with van der Waals surface area (Å²) in [6.07, 6.45) is 8.15. The van der Waals surface area contributed by atoms with E-state index in [4.69, 9.17) is 39.2 Å². The molecule has 12 nitrogen and oxygen atoms in total. The van der Waals surface area contributed by atoms with Gasteiger partial charge in [0.1, 0.15) is 29.6 Å². The van der Waals surface area contributed by atoms with Gasteiger partial charge in [0.25, 0.3) is 20.2 Å². The number of methoxy groups -OCH3 is 1. The van der Waals surface area contributed by atoms with Gasteiger partial charge in [-0.1, -0.05) is 48.1 Å². The predicted octanol–water partition coefficient (Wildman–Crippen LogP) is 5.07. The molecule has 0 unspecified atom stereocenters. The lowest BCUT2D eigenvalue weighted by molar-refractivity contribution is -0.145. The molecule has 0 atom stereocenters. The van der Waals surface area contributed by atoms with Crippen molar-refractivity contribution in [2.24, 2.45) is 0 Å². The highest BCUT2D eigenvalue weighted by molar-refractivity contribution is 7.86. The number of terminal acetylenes is 1. The Hall–Kier alpha value is -4.73. The Kier molecular flexibility index (Phi) is 15.9. The number of unbranched alkanes of at least 4 members (excludes halogenated alkanes) is 2. The van der Waals surface area contributed by atoms with Crippen LogP contribution in [-0.4, -0.2) is 70.3 Å². The molecule has 0 radical (unpaired) electrons. The number of carbonyl (C=O) groups is 1. The van der Waals surface area contributed by atoms with Crippen LogP contribution >= 0.6 is 0 Å². The number of rotatable bonds is 20. The monoisotopic (exact) mass is 728 g/mol. The molecule has 0 saturated carbocycles. The first-order valence-corrected chi connectivity index (χ1v) is 18.9. The molecule has 50 heavy (non-hydrogen) atoms. The molecule has 0 aliphatic heterocycles. The number of esters is 1. The van der Waals surface area contributed by atoms with Gasteiger partial charge in [0.2, 0.25) is 0 Å². The van der Waals surface area contributed by atoms with E-state index in [0.29, 0.717) is 65.6 Å². The lowest BCUT2D eigenvalue weighted by Gasteiger charge is -2.12. The highest BCUT2D eigenvalue weighted by Crippen LogP contribution is 2.29. The summed E-state index contributed by atoms with van der Waals surface area (Å²) in [4.78, 5) is 12.1. The standard InChI is InChI=1S/C36H40O12S2/c1-3-29-25-34(44-2)31(26-35(29)47-19-9-5-8-14-36(37)48-27-28-12-6-4-7-13-28)16-15-30-24-32(45-20-10-22-49(38,39)40)17-18-33(30)46-21-11-23-50(41,42)43/h1,4,6-7,12-13,17-18,24-26H,5,8-11,14,19-23,27H2,2H3,(H,38,39,40)(H,41,42,43). The highest BCUT2D eigenvalue weighted by atomic mass is 32.2. The second kappa shape index (κ2) is 20.1. The quantitative estimate of drug-likeness (QED) is 0.0686. The second-order valence-corrected chi connectivity index (χ2v) is 14.0. The molecular formula is C36H40O12S2. The number of hydrogen-bond donors (Lipinski definition) is 2. The van der Waals surface area contributed by atoms with Crippen LogP contribution in [0.2, 0.25) is 0 Å². The fourth-order valence-corrected chi connectivity index (χ4v) is 5.38. The molecular weight excluding hydrogens is 689 g/mol. The predicted molar refractivity (Wildman–Crippen MR) is 187 cm³/mol. The fraction of sp³-hybridized carbons (Fsp3) is 0.361. The average Bonchev–Trinajstić information content (AvgIpc) is 3.08. The van der Waals surface area contributed by atoms with Crippen LogP contribution in [0.15, 0.2) is 60.7 Å². The zero-order valence-corrected chi connectivity index (χ0v) is 29.3. The van der Waals surface area contributed by atoms with Crippen molar-refractivity contribution < 1.29 is 54.4 Å². The molecule has 3 aromatic rings. The highest BCUT2D eigenvalue weighted by Gasteiger charge is 2.12. The number of benzene rings is 3. The second-order valence-electron chi connectivity index (χ2n) is 10.9. The Morgan fingerprint density at radius 2 is 1.30 bits per heavy atom. The number of hydrogen-bond acceptors (Lipinski definition) is 10. The van der Waals surface area contributed by atoms with Crippen LogP contribution in [0.4, 0.5) is 0 Å². The summed E-state index contributed by atoms with van der Waals surface area (Å²) in [5.41, 5.74) is 2.19. The lowest BCUT2D eigenvalue weighted by Crippen LogP contribution is -2.09. The third kappa shape index (κ3) is 15.2. The maximum atomic E-state index is 12.1. The third-order valence-corrected chi connectivity index (χ3v) is 8.49. The van der Waals surface area contributed by atoms with Gasteiger partial charge in [0.15, 0.2) is 0 Å². The minimum atomic E-state index is -4.16. The van der Waals surface area contributed by atoms with Crippen molar-refractivity contribution >= 4 is 26.2 Å². The SMILES string of the molecule is C#Cc1cc(OC)c(C#Cc2cc(OCCCS(=O)(=O)O)ccc2OCCCS(=O)(=O)O)cc1OCCCCCC(=O)OCc1ccccc1. The van der Waals surface area contributed by atoms with Crippen LogP contribution in [0.1, 0.15) is 60.8 Å². The first-order valence-electron chi connectivity index (χ1n) is 15.7. The minimum Gasteiger partial charge on any atom is -0.495 e. The van der Waals surface area contributed by atoms with Crippen LogP contribution < -0.4 is 18.9 Å². The fourth-order valence-electron chi connectivity index (χ4n) is 4.41. The molecule has 0 aromatic heterocycles. The molecule has 3 rings (SSSR count). The van der Waals surface area contributed by atoms with Gasteiger partial charge in [-0.15, -0.1) is 6.42 Å². The van der Waals surface area contributed by atoms with Crippen LogP contribution in [-0.2, 0) is 36.4 Å². The summed E-state index contributed by atoms with van der Waals surface area (Å²) >= 11 is 0. The van der Waals surface area contributed by atoms with E-state index >= 15 is 0 Å². The average molecular weight is 729 g/mol. The summed E-state index contributed by atoms with van der Waals surface area (Å²) in [5.74, 6) is 8.88. The largest absolute Gasteiger partial charge is 0.495 e. The van der Waals surface area contributed by atoms with Crippen molar-refractivity contribution in [3.8, 4) is 47.2 Å². The van der Waals surface area contributed by atoms with Gasteiger partial charge in [0, 0.05) is 18.6 Å². The first kappa shape index (κ1) is 39.7. The summed E-state index contributed by atoms with van der Waals surface area (Å²) in [5, 5.41) is 0. The van der Waals surface area contributed by atoms with E-state index in [2.05, 4.69) is 17.8 Å². The molecule has 0 saturated heterocycles. The summed E-state index contributed by atoms with van der Waals surface area (Å²) in [6, 6.07) is 17.4. The van der Waals surface area contributed by atoms with Gasteiger partial charge in [-0.05, 0) is 55.9 Å². The molecule has 0 aliphatic carbocycles. The molecule has 0 fully saturated rings. The zero-order valence-electron chi connectivity index (χ0n) is 27.6. The molecule has 3 aromatic carbocycles. The Balaban J connectivity index is 1.68. The van der Waals surface area contributed by atoms with Crippen molar-refractivity contribution in [3.05, 3.63) is 82.9 Å². The van der Waals surface area contributed by atoms with E-state index < -0.39 is 31.7 Å². The van der Waals surface area contributed by atoms with Gasteiger partial charge >= 0.3 is 5.97 Å². The van der Waals surface area contributed by atoms with Crippen molar-refractivity contribution in [2.45, 2.75) is 45.1 Å². The Labute approximate surface area is 293 Å². The normalized spacial score (nSPS) is 11.1. The first-order chi connectivity index (χ1) is 23.9. The lowest BCUT2D eigenvalue weighted by atomic mass is 10.1. The Bertz CT molecular complexity index is 1890. The molecule has 0 bridgehead atoms. The van der Waals surface area contributed by atoms with E-state index in [1.54, 1.807) is 30.3 Å². The van der Waals surface area contributed by atoms with Gasteiger partial charge in [-0.25, -0.2) is 0 Å². The van der Waals surface area contributed by atoms with E-state index in [0.717, 1.165) is 12.0 Å². The van der Waals surface area contributed by atoms with Crippen molar-refractivity contribution in [3.63, 3.8) is 0 Å². The molecule has 0 spiro atoms. The number of carbonyl (C=O) groups excluding carboxylic acids is 1. The molecule has 14 heteroatoms. The molecule has 0 heterocycles. The van der Waals surface area contributed by atoms with E-state index in [-0.39, 0.29) is 38.6 Å². The zero-order chi connectivity index (χ0) is 36.4. The smallest absolute Gasteiger partial charge is 0.306 e.